The van der Waals surface area contributed by atoms with E-state index in [1.807, 2.05) is 0 Å². The summed E-state index contributed by atoms with van der Waals surface area (Å²) in [6, 6.07) is 0. The Kier molecular flexibility index (Phi) is 2.36. The molecule has 0 aliphatic carbocycles. The zero-order valence-corrected chi connectivity index (χ0v) is 5.57. The van der Waals surface area contributed by atoms with Gasteiger partial charge in [0.05, 0.1) is 6.26 Å². The summed E-state index contributed by atoms with van der Waals surface area (Å²) in [6.07, 6.45) is 0.816. The topological polar surface area (TPSA) is 37.4 Å². The van der Waals surface area contributed by atoms with Gasteiger partial charge in [0.1, 0.15) is 0 Å². The normalized spacial score (nSPS) is 12.5. The minimum absolute atomic E-state index is 0.126. The third-order valence-corrected chi connectivity index (χ3v) is 1.59. The third-order valence-electron chi connectivity index (χ3n) is 0.608. The van der Waals surface area contributed by atoms with Crippen LogP contribution in [0.25, 0.3) is 0 Å². The smallest absolute Gasteiger partial charge is 0.210 e. The van der Waals surface area contributed by atoms with E-state index in [0.717, 1.165) is 6.26 Å². The van der Waals surface area contributed by atoms with Gasteiger partial charge in [-0.15, -0.1) is 4.48 Å². The van der Waals surface area contributed by atoms with Gasteiger partial charge in [0.2, 0.25) is 10.0 Å². The lowest BCUT2D eigenvalue weighted by atomic mass is 10.8. The molecule has 8 heavy (non-hydrogen) atoms. The Bertz CT molecular complexity index is 153. The molecule has 0 bridgehead atoms. The molecule has 50 valence electrons. The van der Waals surface area contributed by atoms with Crippen molar-refractivity contribution in [1.82, 2.24) is 4.53 Å². The van der Waals surface area contributed by atoms with E-state index in [4.69, 9.17) is 0 Å². The Balaban J connectivity index is 4.04. The van der Waals surface area contributed by atoms with Crippen LogP contribution in [0.4, 0.5) is 4.48 Å². The molecule has 0 aromatic rings. The fraction of sp³-hybridized carbons (Fsp3) is 1.00. The van der Waals surface area contributed by atoms with E-state index in [-0.39, 0.29) is 11.1 Å². The van der Waals surface area contributed by atoms with Crippen molar-refractivity contribution in [2.45, 2.75) is 6.92 Å². The average Bonchev–Trinajstić information content (AvgIpc) is 1.62. The van der Waals surface area contributed by atoms with E-state index >= 15 is 0 Å². The summed E-state index contributed by atoms with van der Waals surface area (Å²) in [5, 5.41) is 0. The molecule has 0 saturated carbocycles. The lowest BCUT2D eigenvalue weighted by Crippen LogP contribution is -2.20. The first-order valence-corrected chi connectivity index (χ1v) is 3.96. The predicted molar refractivity (Wildman–Crippen MR) is 28.3 cm³/mol. The van der Waals surface area contributed by atoms with Crippen molar-refractivity contribution in [2.75, 3.05) is 12.8 Å². The van der Waals surface area contributed by atoms with E-state index in [9.17, 15) is 12.9 Å². The summed E-state index contributed by atoms with van der Waals surface area (Å²) in [4.78, 5) is 0. The van der Waals surface area contributed by atoms with Gasteiger partial charge >= 0.3 is 0 Å². The molecule has 0 rings (SSSR count). The minimum atomic E-state index is -3.59. The summed E-state index contributed by atoms with van der Waals surface area (Å²) in [7, 11) is -3.59. The van der Waals surface area contributed by atoms with E-state index in [1.54, 1.807) is 0 Å². The quantitative estimate of drug-likeness (QED) is 0.513. The van der Waals surface area contributed by atoms with Crippen molar-refractivity contribution in [3.63, 3.8) is 0 Å². The highest BCUT2D eigenvalue weighted by Gasteiger charge is 2.10. The molecule has 0 amide bonds. The van der Waals surface area contributed by atoms with Crippen molar-refractivity contribution in [1.29, 1.82) is 0 Å². The standard InChI is InChI=1S/C3H8FNO2S/c1-3-5(4)8(2,6)7/h3H2,1-2H3. The molecule has 3 nitrogen and oxygen atoms in total. The maximum absolute atomic E-state index is 11.9. The molecule has 0 aromatic heterocycles. The van der Waals surface area contributed by atoms with Gasteiger partial charge in [0.25, 0.3) is 0 Å². The third kappa shape index (κ3) is 2.23. The molecule has 0 heterocycles. The van der Waals surface area contributed by atoms with Gasteiger partial charge < -0.3 is 0 Å². The fourth-order valence-electron chi connectivity index (χ4n) is 0.235. The fourth-order valence-corrected chi connectivity index (χ4v) is 0.704. The number of halogens is 1. The Morgan fingerprint density at radius 1 is 1.62 bits per heavy atom. The van der Waals surface area contributed by atoms with E-state index < -0.39 is 10.0 Å². The summed E-state index contributed by atoms with van der Waals surface area (Å²) in [6.45, 7) is 1.29. The van der Waals surface area contributed by atoms with Crippen LogP contribution in [0.15, 0.2) is 0 Å². The highest BCUT2D eigenvalue weighted by molar-refractivity contribution is 7.88. The maximum Gasteiger partial charge on any atom is 0.237 e. The molecule has 0 unspecified atom stereocenters. The zero-order chi connectivity index (χ0) is 6.78. The van der Waals surface area contributed by atoms with Crippen LogP contribution in [0, 0.1) is 0 Å². The van der Waals surface area contributed by atoms with Crippen LogP contribution in [-0.2, 0) is 10.0 Å². The van der Waals surface area contributed by atoms with Crippen molar-refractivity contribution < 1.29 is 12.9 Å². The lowest BCUT2D eigenvalue weighted by molar-refractivity contribution is 0.149. The molecular formula is C3H8FNO2S. The maximum atomic E-state index is 11.9. The highest BCUT2D eigenvalue weighted by Crippen LogP contribution is 1.94. The summed E-state index contributed by atoms with van der Waals surface area (Å²) < 4.78 is 31.9. The van der Waals surface area contributed by atoms with Gasteiger partial charge in [-0.25, -0.2) is 8.42 Å². The first-order valence-electron chi connectivity index (χ1n) is 2.12. The van der Waals surface area contributed by atoms with E-state index in [0.29, 0.717) is 0 Å². The molecule has 0 saturated heterocycles. The van der Waals surface area contributed by atoms with Gasteiger partial charge in [-0.1, -0.05) is 0 Å². The number of nitrogens with zero attached hydrogens (tertiary/aromatic N) is 1. The minimum Gasteiger partial charge on any atom is -0.210 e. The van der Waals surface area contributed by atoms with Gasteiger partial charge in [-0.05, 0) is 11.5 Å². The Morgan fingerprint density at radius 2 is 2.00 bits per heavy atom. The molecule has 0 spiro atoms. The van der Waals surface area contributed by atoms with Crippen LogP contribution < -0.4 is 0 Å². The monoisotopic (exact) mass is 141 g/mol. The Morgan fingerprint density at radius 3 is 2.00 bits per heavy atom. The molecular weight excluding hydrogens is 133 g/mol. The van der Waals surface area contributed by atoms with Crippen LogP contribution in [0.2, 0.25) is 0 Å². The van der Waals surface area contributed by atoms with Crippen molar-refractivity contribution in [2.24, 2.45) is 0 Å². The van der Waals surface area contributed by atoms with Gasteiger partial charge in [-0.3, -0.25) is 0 Å². The van der Waals surface area contributed by atoms with Crippen LogP contribution in [0.1, 0.15) is 6.92 Å². The largest absolute Gasteiger partial charge is 0.237 e. The molecule has 0 aliphatic heterocycles. The number of sulfonamides is 1. The molecule has 0 aliphatic rings. The summed E-state index contributed by atoms with van der Waals surface area (Å²) in [5.41, 5.74) is 0. The SMILES string of the molecule is CCN(F)S(C)(=O)=O. The van der Waals surface area contributed by atoms with E-state index in [2.05, 4.69) is 0 Å². The highest BCUT2D eigenvalue weighted by atomic mass is 32.2. The van der Waals surface area contributed by atoms with Gasteiger partial charge in [0.15, 0.2) is 0 Å². The zero-order valence-electron chi connectivity index (χ0n) is 4.76. The summed E-state index contributed by atoms with van der Waals surface area (Å²) in [5.74, 6) is 0. The predicted octanol–water partition coefficient (Wildman–Crippen LogP) is 0.152. The summed E-state index contributed by atoms with van der Waals surface area (Å²) >= 11 is 0. The number of rotatable bonds is 2. The van der Waals surface area contributed by atoms with Crippen molar-refractivity contribution in [3.8, 4) is 0 Å². The second kappa shape index (κ2) is 2.41. The van der Waals surface area contributed by atoms with Crippen LogP contribution in [0.5, 0.6) is 0 Å². The van der Waals surface area contributed by atoms with Crippen LogP contribution in [-0.4, -0.2) is 25.7 Å². The van der Waals surface area contributed by atoms with Crippen LogP contribution >= 0.6 is 0 Å². The number of hydrogen-bond acceptors (Lipinski definition) is 2. The van der Waals surface area contributed by atoms with Crippen molar-refractivity contribution >= 4 is 10.0 Å². The average molecular weight is 141 g/mol. The van der Waals surface area contributed by atoms with Crippen LogP contribution in [0.3, 0.4) is 0 Å². The molecule has 5 heteroatoms. The van der Waals surface area contributed by atoms with Gasteiger partial charge in [0, 0.05) is 6.54 Å². The number of hydrogen-bond donors (Lipinski definition) is 0. The molecule has 0 fully saturated rings. The van der Waals surface area contributed by atoms with Gasteiger partial charge in [-0.2, -0.15) is 0 Å². The lowest BCUT2D eigenvalue weighted by Gasteiger charge is -2.02. The van der Waals surface area contributed by atoms with E-state index in [1.165, 1.54) is 6.92 Å². The Labute approximate surface area is 48.1 Å². The first kappa shape index (κ1) is 7.84. The van der Waals surface area contributed by atoms with Crippen molar-refractivity contribution in [3.05, 3.63) is 0 Å². The molecule has 0 N–H and O–H groups in total. The molecule has 0 aromatic carbocycles. The molecule has 0 atom stereocenters. The molecule has 0 radical (unpaired) electrons. The second-order valence-corrected chi connectivity index (χ2v) is 3.23. The second-order valence-electron chi connectivity index (χ2n) is 1.37. The Hall–Kier alpha value is -0.160. The first-order chi connectivity index (χ1) is 3.48.